The number of hydrogen-bond acceptors (Lipinski definition) is 3. The maximum atomic E-state index is 12.4. The van der Waals surface area contributed by atoms with Gasteiger partial charge in [0.05, 0.1) is 19.6 Å². The summed E-state index contributed by atoms with van der Waals surface area (Å²) in [5.74, 6) is -0.598. The first kappa shape index (κ1) is 16.5. The van der Waals surface area contributed by atoms with Crippen molar-refractivity contribution in [2.24, 2.45) is 0 Å². The Bertz CT molecular complexity index is 694. The molecule has 0 spiro atoms. The minimum atomic E-state index is -0.977. The molecule has 0 fully saturated rings. The van der Waals surface area contributed by atoms with Crippen LogP contribution in [0.25, 0.3) is 0 Å². The number of carbonyl (C=O) groups is 2. The first-order chi connectivity index (χ1) is 11.0. The minimum absolute atomic E-state index is 0.191. The second-order valence-corrected chi connectivity index (χ2v) is 5.27. The van der Waals surface area contributed by atoms with E-state index in [2.05, 4.69) is 5.32 Å². The molecule has 23 heavy (non-hydrogen) atoms. The molecule has 0 heterocycles. The molecule has 0 radical (unpaired) electrons. The lowest BCUT2D eigenvalue weighted by molar-refractivity contribution is -0.137. The van der Waals surface area contributed by atoms with E-state index in [1.165, 1.54) is 0 Å². The van der Waals surface area contributed by atoms with E-state index < -0.39 is 12.0 Å². The van der Waals surface area contributed by atoms with Crippen LogP contribution in [0.4, 0.5) is 0 Å². The molecule has 1 atom stereocenters. The van der Waals surface area contributed by atoms with Gasteiger partial charge in [-0.15, -0.1) is 0 Å². The van der Waals surface area contributed by atoms with Crippen molar-refractivity contribution in [1.82, 2.24) is 5.32 Å². The molecular formula is C18H19NO4. The molecule has 0 aliphatic carbocycles. The van der Waals surface area contributed by atoms with Crippen LogP contribution in [0.5, 0.6) is 5.75 Å². The Hall–Kier alpha value is -2.82. The number of methoxy groups -OCH3 is 1. The molecule has 0 saturated carbocycles. The highest BCUT2D eigenvalue weighted by molar-refractivity contribution is 5.94. The molecule has 0 saturated heterocycles. The fourth-order valence-electron chi connectivity index (χ4n) is 2.29. The maximum Gasteiger partial charge on any atom is 0.305 e. The zero-order chi connectivity index (χ0) is 16.8. The molecule has 2 rings (SSSR count). The van der Waals surface area contributed by atoms with Crippen LogP contribution in [0.2, 0.25) is 0 Å². The summed E-state index contributed by atoms with van der Waals surface area (Å²) >= 11 is 0. The van der Waals surface area contributed by atoms with Gasteiger partial charge < -0.3 is 15.2 Å². The van der Waals surface area contributed by atoms with Gasteiger partial charge in [0.1, 0.15) is 5.75 Å². The molecule has 0 aliphatic heterocycles. The van der Waals surface area contributed by atoms with Gasteiger partial charge >= 0.3 is 5.97 Å². The molecule has 2 aromatic rings. The van der Waals surface area contributed by atoms with Gasteiger partial charge in [-0.1, -0.05) is 29.8 Å². The van der Waals surface area contributed by atoms with Gasteiger partial charge in [0.2, 0.25) is 0 Å². The Labute approximate surface area is 134 Å². The van der Waals surface area contributed by atoms with E-state index in [1.807, 2.05) is 13.0 Å². The van der Waals surface area contributed by atoms with Crippen LogP contribution in [-0.2, 0) is 4.79 Å². The van der Waals surface area contributed by atoms with Crippen molar-refractivity contribution in [3.63, 3.8) is 0 Å². The summed E-state index contributed by atoms with van der Waals surface area (Å²) in [6, 6.07) is 13.5. The summed E-state index contributed by atoms with van der Waals surface area (Å²) < 4.78 is 5.09. The summed E-state index contributed by atoms with van der Waals surface area (Å²) in [4.78, 5) is 23.5. The second kappa shape index (κ2) is 7.45. The van der Waals surface area contributed by atoms with Crippen molar-refractivity contribution in [3.05, 3.63) is 65.2 Å². The highest BCUT2D eigenvalue weighted by atomic mass is 16.5. The number of benzene rings is 2. The van der Waals surface area contributed by atoms with Crippen molar-refractivity contribution >= 4 is 11.9 Å². The van der Waals surface area contributed by atoms with E-state index in [9.17, 15) is 9.59 Å². The summed E-state index contributed by atoms with van der Waals surface area (Å²) in [5, 5.41) is 11.9. The van der Waals surface area contributed by atoms with Gasteiger partial charge in [-0.25, -0.2) is 0 Å². The molecule has 0 aliphatic rings. The molecule has 1 amide bonds. The number of amides is 1. The molecule has 0 bridgehead atoms. The fraction of sp³-hybridized carbons (Fsp3) is 0.222. The molecule has 2 aromatic carbocycles. The number of ether oxygens (including phenoxy) is 1. The van der Waals surface area contributed by atoms with E-state index in [4.69, 9.17) is 9.84 Å². The van der Waals surface area contributed by atoms with Crippen LogP contribution >= 0.6 is 0 Å². The number of aliphatic carboxylic acids is 1. The largest absolute Gasteiger partial charge is 0.497 e. The molecule has 5 nitrogen and oxygen atoms in total. The number of rotatable bonds is 6. The zero-order valence-corrected chi connectivity index (χ0v) is 13.1. The number of carbonyl (C=O) groups excluding carboxylic acids is 1. The summed E-state index contributed by atoms with van der Waals surface area (Å²) in [6.45, 7) is 1.90. The summed E-state index contributed by atoms with van der Waals surface area (Å²) in [5.41, 5.74) is 2.19. The van der Waals surface area contributed by atoms with Crippen LogP contribution in [-0.4, -0.2) is 24.1 Å². The number of hydrogen-bond donors (Lipinski definition) is 2. The quantitative estimate of drug-likeness (QED) is 0.859. The van der Waals surface area contributed by atoms with Crippen molar-refractivity contribution in [1.29, 1.82) is 0 Å². The van der Waals surface area contributed by atoms with Crippen molar-refractivity contribution < 1.29 is 19.4 Å². The summed E-state index contributed by atoms with van der Waals surface area (Å²) in [6.07, 6.45) is -0.191. The lowest BCUT2D eigenvalue weighted by Crippen LogP contribution is -2.30. The van der Waals surface area contributed by atoms with Crippen molar-refractivity contribution in [2.45, 2.75) is 19.4 Å². The Morgan fingerprint density at radius 2 is 1.87 bits per heavy atom. The van der Waals surface area contributed by atoms with Gasteiger partial charge in [-0.2, -0.15) is 0 Å². The molecule has 0 aromatic heterocycles. The average Bonchev–Trinajstić information content (AvgIpc) is 2.54. The van der Waals surface area contributed by atoms with Crippen LogP contribution in [0.1, 0.15) is 33.9 Å². The molecule has 120 valence electrons. The van der Waals surface area contributed by atoms with E-state index in [0.29, 0.717) is 16.9 Å². The smallest absolute Gasteiger partial charge is 0.305 e. The standard InChI is InChI=1S/C18H19NO4/c1-12-4-3-5-14(10-12)18(22)19-16(11-17(20)21)13-6-8-15(23-2)9-7-13/h3-10,16H,11H2,1-2H3,(H,19,22)(H,20,21)/t16-/m1/s1. The topological polar surface area (TPSA) is 75.6 Å². The third kappa shape index (κ3) is 4.57. The first-order valence-corrected chi connectivity index (χ1v) is 7.23. The van der Waals surface area contributed by atoms with Crippen molar-refractivity contribution in [2.75, 3.05) is 7.11 Å². The third-order valence-electron chi connectivity index (χ3n) is 3.48. The Morgan fingerprint density at radius 3 is 2.43 bits per heavy atom. The Morgan fingerprint density at radius 1 is 1.17 bits per heavy atom. The predicted molar refractivity (Wildman–Crippen MR) is 86.6 cm³/mol. The number of aryl methyl sites for hydroxylation is 1. The van der Waals surface area contributed by atoms with Crippen LogP contribution in [0, 0.1) is 6.92 Å². The lowest BCUT2D eigenvalue weighted by atomic mass is 10.0. The van der Waals surface area contributed by atoms with E-state index >= 15 is 0 Å². The van der Waals surface area contributed by atoms with Gasteiger partial charge in [0.15, 0.2) is 0 Å². The average molecular weight is 313 g/mol. The molecule has 5 heteroatoms. The van der Waals surface area contributed by atoms with E-state index in [-0.39, 0.29) is 12.3 Å². The van der Waals surface area contributed by atoms with E-state index in [1.54, 1.807) is 49.6 Å². The van der Waals surface area contributed by atoms with Crippen LogP contribution in [0.15, 0.2) is 48.5 Å². The normalized spacial score (nSPS) is 11.6. The predicted octanol–water partition coefficient (Wildman–Crippen LogP) is 2.95. The van der Waals surface area contributed by atoms with Gasteiger partial charge in [0, 0.05) is 5.56 Å². The highest BCUT2D eigenvalue weighted by Gasteiger charge is 2.19. The highest BCUT2D eigenvalue weighted by Crippen LogP contribution is 2.21. The zero-order valence-electron chi connectivity index (χ0n) is 13.1. The monoisotopic (exact) mass is 313 g/mol. The van der Waals surface area contributed by atoms with Gasteiger partial charge in [-0.3, -0.25) is 9.59 Å². The third-order valence-corrected chi connectivity index (χ3v) is 3.48. The van der Waals surface area contributed by atoms with Crippen LogP contribution < -0.4 is 10.1 Å². The maximum absolute atomic E-state index is 12.4. The number of nitrogens with one attached hydrogen (secondary N) is 1. The van der Waals surface area contributed by atoms with E-state index in [0.717, 1.165) is 5.56 Å². The fourth-order valence-corrected chi connectivity index (χ4v) is 2.29. The van der Waals surface area contributed by atoms with Crippen LogP contribution in [0.3, 0.4) is 0 Å². The number of carboxylic acid groups (broad SMARTS) is 1. The van der Waals surface area contributed by atoms with Crippen molar-refractivity contribution in [3.8, 4) is 5.75 Å². The molecular weight excluding hydrogens is 294 g/mol. The summed E-state index contributed by atoms with van der Waals surface area (Å²) in [7, 11) is 1.56. The Balaban J connectivity index is 2.20. The molecule has 2 N–H and O–H groups in total. The second-order valence-electron chi connectivity index (χ2n) is 5.27. The minimum Gasteiger partial charge on any atom is -0.497 e. The first-order valence-electron chi connectivity index (χ1n) is 7.23. The number of carboxylic acids is 1. The SMILES string of the molecule is COc1ccc([C@@H](CC(=O)O)NC(=O)c2cccc(C)c2)cc1. The van der Waals surface area contributed by atoms with Gasteiger partial charge in [-0.05, 0) is 36.8 Å². The van der Waals surface area contributed by atoms with Gasteiger partial charge in [0.25, 0.3) is 5.91 Å². The lowest BCUT2D eigenvalue weighted by Gasteiger charge is -2.18. The molecule has 0 unspecified atom stereocenters. The Kier molecular flexibility index (Phi) is 5.36.